The molecule has 1 saturated heterocycles. The van der Waals surface area contributed by atoms with E-state index in [0.717, 1.165) is 25.1 Å². The second kappa shape index (κ2) is 5.99. The number of benzene rings is 1. The number of hydrogen-bond acceptors (Lipinski definition) is 3. The van der Waals surface area contributed by atoms with Crippen LogP contribution in [0.25, 0.3) is 0 Å². The fourth-order valence-corrected chi connectivity index (χ4v) is 3.14. The van der Waals surface area contributed by atoms with Gasteiger partial charge in [0.1, 0.15) is 12.3 Å². The number of amides is 2. The molecule has 0 unspecified atom stereocenters. The maximum absolute atomic E-state index is 12.5. The van der Waals surface area contributed by atoms with E-state index in [1.165, 1.54) is 6.42 Å². The number of ether oxygens (including phenoxy) is 1. The third kappa shape index (κ3) is 2.93. The van der Waals surface area contributed by atoms with Crippen LogP contribution < -0.4 is 9.64 Å². The predicted molar refractivity (Wildman–Crippen MR) is 84.0 cm³/mol. The van der Waals surface area contributed by atoms with Crippen molar-refractivity contribution < 1.29 is 14.3 Å². The van der Waals surface area contributed by atoms with Gasteiger partial charge in [-0.1, -0.05) is 13.0 Å². The molecule has 1 aromatic rings. The Labute approximate surface area is 130 Å². The molecule has 0 aromatic heterocycles. The van der Waals surface area contributed by atoms with Crippen LogP contribution in [0.1, 0.15) is 25.3 Å². The summed E-state index contributed by atoms with van der Waals surface area (Å²) in [6.45, 7) is 5.81. The van der Waals surface area contributed by atoms with E-state index in [9.17, 15) is 9.59 Å². The Kier molecular flexibility index (Phi) is 4.05. The number of carbonyl (C=O) groups excluding carboxylic acids is 2. The summed E-state index contributed by atoms with van der Waals surface area (Å²) in [5.74, 6) is 1.07. The summed E-state index contributed by atoms with van der Waals surface area (Å²) < 4.78 is 5.45. The molecule has 0 aliphatic carbocycles. The molecule has 2 amide bonds. The fraction of sp³-hybridized carbons (Fsp3) is 0.529. The van der Waals surface area contributed by atoms with Crippen molar-refractivity contribution in [3.05, 3.63) is 23.8 Å². The summed E-state index contributed by atoms with van der Waals surface area (Å²) in [5.41, 5.74) is 1.75. The number of nitrogens with zero attached hydrogens (tertiary/aromatic N) is 2. The lowest BCUT2D eigenvalue weighted by Crippen LogP contribution is -2.48. The van der Waals surface area contributed by atoms with Crippen molar-refractivity contribution in [3.63, 3.8) is 0 Å². The largest absolute Gasteiger partial charge is 0.482 e. The molecule has 118 valence electrons. The zero-order valence-corrected chi connectivity index (χ0v) is 13.2. The van der Waals surface area contributed by atoms with Gasteiger partial charge in [0.2, 0.25) is 5.91 Å². The molecular weight excluding hydrogens is 280 g/mol. The first-order valence-corrected chi connectivity index (χ1v) is 7.86. The van der Waals surface area contributed by atoms with Crippen molar-refractivity contribution in [2.45, 2.75) is 26.7 Å². The normalized spacial score (nSPS) is 21.4. The summed E-state index contributed by atoms with van der Waals surface area (Å²) in [6.07, 6.45) is 2.21. The van der Waals surface area contributed by atoms with Crippen LogP contribution >= 0.6 is 0 Å². The highest BCUT2D eigenvalue weighted by molar-refractivity contribution is 6.02. The van der Waals surface area contributed by atoms with Gasteiger partial charge in [-0.05, 0) is 43.4 Å². The van der Waals surface area contributed by atoms with E-state index in [-0.39, 0.29) is 25.0 Å². The van der Waals surface area contributed by atoms with Gasteiger partial charge in [0.25, 0.3) is 5.91 Å². The second-order valence-electron chi connectivity index (χ2n) is 6.33. The number of fused-ring (bicyclic) bond motifs is 1. The maximum Gasteiger partial charge on any atom is 0.265 e. The Hall–Kier alpha value is -2.04. The molecule has 0 spiro atoms. The van der Waals surface area contributed by atoms with Crippen LogP contribution in [0.4, 0.5) is 5.69 Å². The van der Waals surface area contributed by atoms with Gasteiger partial charge in [0.05, 0.1) is 5.69 Å². The van der Waals surface area contributed by atoms with Crippen LogP contribution in [0.15, 0.2) is 18.2 Å². The third-order valence-electron chi connectivity index (χ3n) is 4.36. The van der Waals surface area contributed by atoms with Crippen LogP contribution in [0.5, 0.6) is 5.75 Å². The highest BCUT2D eigenvalue weighted by Crippen LogP contribution is 2.32. The molecule has 1 fully saturated rings. The molecule has 3 rings (SSSR count). The Balaban J connectivity index is 1.78. The summed E-state index contributed by atoms with van der Waals surface area (Å²) in [6, 6.07) is 5.71. The quantitative estimate of drug-likeness (QED) is 0.839. The van der Waals surface area contributed by atoms with Crippen LogP contribution in [0, 0.1) is 12.8 Å². The van der Waals surface area contributed by atoms with Crippen LogP contribution in [-0.4, -0.2) is 43.0 Å². The van der Waals surface area contributed by atoms with Gasteiger partial charge in [-0.15, -0.1) is 0 Å². The number of hydrogen-bond donors (Lipinski definition) is 0. The molecule has 1 atom stereocenters. The molecule has 0 radical (unpaired) electrons. The topological polar surface area (TPSA) is 49.9 Å². The first-order chi connectivity index (χ1) is 10.5. The average molecular weight is 302 g/mol. The summed E-state index contributed by atoms with van der Waals surface area (Å²) >= 11 is 0. The molecular formula is C17H22N2O3. The molecule has 0 N–H and O–H groups in total. The molecule has 5 heteroatoms. The van der Waals surface area contributed by atoms with E-state index in [0.29, 0.717) is 17.4 Å². The monoisotopic (exact) mass is 302 g/mol. The Morgan fingerprint density at radius 1 is 1.41 bits per heavy atom. The summed E-state index contributed by atoms with van der Waals surface area (Å²) in [7, 11) is 0. The van der Waals surface area contributed by atoms with E-state index >= 15 is 0 Å². The molecule has 2 aliphatic rings. The number of aryl methyl sites for hydroxylation is 1. The number of likely N-dealkylation sites (tertiary alicyclic amines) is 1. The number of carbonyl (C=O) groups is 2. The second-order valence-corrected chi connectivity index (χ2v) is 6.33. The highest BCUT2D eigenvalue weighted by atomic mass is 16.5. The van der Waals surface area contributed by atoms with Crippen molar-refractivity contribution >= 4 is 17.5 Å². The molecule has 0 saturated carbocycles. The number of piperidine rings is 1. The van der Waals surface area contributed by atoms with Crippen molar-refractivity contribution in [2.24, 2.45) is 5.92 Å². The molecule has 0 bridgehead atoms. The molecule has 5 nitrogen and oxygen atoms in total. The van der Waals surface area contributed by atoms with Crippen LogP contribution in [0.3, 0.4) is 0 Å². The van der Waals surface area contributed by atoms with Gasteiger partial charge in [-0.2, -0.15) is 0 Å². The zero-order valence-electron chi connectivity index (χ0n) is 13.2. The lowest BCUT2D eigenvalue weighted by Gasteiger charge is -2.34. The SMILES string of the molecule is Cc1ccc2c(c1)N(CC(=O)N1CCC[C@H](C)C1)C(=O)CO2. The van der Waals surface area contributed by atoms with Crippen LogP contribution in [-0.2, 0) is 9.59 Å². The van der Waals surface area contributed by atoms with Gasteiger partial charge >= 0.3 is 0 Å². The highest BCUT2D eigenvalue weighted by Gasteiger charge is 2.30. The first kappa shape index (κ1) is 14.9. The smallest absolute Gasteiger partial charge is 0.265 e. The van der Waals surface area contributed by atoms with E-state index in [2.05, 4.69) is 6.92 Å². The van der Waals surface area contributed by atoms with Crippen molar-refractivity contribution in [1.82, 2.24) is 4.90 Å². The van der Waals surface area contributed by atoms with Crippen molar-refractivity contribution in [2.75, 3.05) is 31.1 Å². The Morgan fingerprint density at radius 3 is 3.00 bits per heavy atom. The standard InChI is InChI=1S/C17H22N2O3/c1-12-5-6-15-14(8-12)19(17(21)11-22-15)10-16(20)18-7-3-4-13(2)9-18/h5-6,8,13H,3-4,7,9-11H2,1-2H3/t13-/m0/s1. The molecule has 2 heterocycles. The Bertz CT molecular complexity index is 600. The van der Waals surface area contributed by atoms with E-state index < -0.39 is 0 Å². The summed E-state index contributed by atoms with van der Waals surface area (Å²) in [5, 5.41) is 0. The Morgan fingerprint density at radius 2 is 2.23 bits per heavy atom. The van der Waals surface area contributed by atoms with Crippen molar-refractivity contribution in [3.8, 4) is 5.75 Å². The average Bonchev–Trinajstić information content (AvgIpc) is 2.50. The number of anilines is 1. The van der Waals surface area contributed by atoms with Gasteiger partial charge in [0, 0.05) is 13.1 Å². The zero-order chi connectivity index (χ0) is 15.7. The van der Waals surface area contributed by atoms with E-state index in [4.69, 9.17) is 4.74 Å². The molecule has 2 aliphatic heterocycles. The third-order valence-corrected chi connectivity index (χ3v) is 4.36. The minimum absolute atomic E-state index is 0.000254. The first-order valence-electron chi connectivity index (χ1n) is 7.86. The minimum atomic E-state index is -0.156. The van der Waals surface area contributed by atoms with Crippen LogP contribution in [0.2, 0.25) is 0 Å². The summed E-state index contributed by atoms with van der Waals surface area (Å²) in [4.78, 5) is 28.2. The maximum atomic E-state index is 12.5. The minimum Gasteiger partial charge on any atom is -0.482 e. The van der Waals surface area contributed by atoms with Crippen molar-refractivity contribution in [1.29, 1.82) is 0 Å². The van der Waals surface area contributed by atoms with E-state index in [1.807, 2.05) is 30.0 Å². The fourth-order valence-electron chi connectivity index (χ4n) is 3.14. The lowest BCUT2D eigenvalue weighted by molar-refractivity contribution is -0.133. The molecule has 22 heavy (non-hydrogen) atoms. The van der Waals surface area contributed by atoms with Gasteiger partial charge in [-0.3, -0.25) is 14.5 Å². The van der Waals surface area contributed by atoms with E-state index in [1.54, 1.807) is 4.90 Å². The lowest BCUT2D eigenvalue weighted by atomic mass is 10.0. The number of rotatable bonds is 2. The van der Waals surface area contributed by atoms with Gasteiger partial charge in [-0.25, -0.2) is 0 Å². The van der Waals surface area contributed by atoms with Gasteiger partial charge in [0.15, 0.2) is 6.61 Å². The predicted octanol–water partition coefficient (Wildman–Crippen LogP) is 1.98. The van der Waals surface area contributed by atoms with Gasteiger partial charge < -0.3 is 9.64 Å². The molecule has 1 aromatic carbocycles.